The van der Waals surface area contributed by atoms with Gasteiger partial charge in [-0.1, -0.05) is 0 Å². The van der Waals surface area contributed by atoms with Crippen molar-refractivity contribution in [3.63, 3.8) is 0 Å². The molecule has 2 amide bonds. The number of halogens is 2. The van der Waals surface area contributed by atoms with Crippen LogP contribution in [0, 0.1) is 5.92 Å². The SMILES string of the molecule is CC(C)(C)OC(=O)NCc1cn2ccc(CNC(=O)CC3CC(F)(F)C3)nc2n1. The first-order chi connectivity index (χ1) is 13.5. The molecule has 0 atom stereocenters. The standard InChI is InChI=1S/C19H25F2N5O3/c1-18(2,3)29-17(28)23-10-14-11-26-5-4-13(24-16(26)25-14)9-22-15(27)6-12-7-19(20,21)8-12/h4-5,11-12H,6-10H2,1-3H3,(H,22,27)(H,23,28). The monoisotopic (exact) mass is 409 g/mol. The maximum Gasteiger partial charge on any atom is 0.407 e. The first-order valence-corrected chi connectivity index (χ1v) is 9.44. The van der Waals surface area contributed by atoms with Crippen LogP contribution in [0.2, 0.25) is 0 Å². The topological polar surface area (TPSA) is 97.6 Å². The lowest BCUT2D eigenvalue weighted by molar-refractivity contribution is -0.133. The second-order valence-electron chi connectivity index (χ2n) is 8.32. The third-order valence-corrected chi connectivity index (χ3v) is 4.36. The predicted octanol–water partition coefficient (Wildman–Crippen LogP) is 2.81. The van der Waals surface area contributed by atoms with Gasteiger partial charge in [-0.05, 0) is 32.8 Å². The Morgan fingerprint density at radius 3 is 2.52 bits per heavy atom. The van der Waals surface area contributed by atoms with Crippen LogP contribution in [-0.4, -0.2) is 37.9 Å². The number of alkyl carbamates (subject to hydrolysis) is 1. The maximum atomic E-state index is 12.8. The number of amides is 2. The molecule has 10 heteroatoms. The number of hydrogen-bond acceptors (Lipinski definition) is 5. The highest BCUT2D eigenvalue weighted by molar-refractivity contribution is 5.76. The molecule has 2 N–H and O–H groups in total. The summed E-state index contributed by atoms with van der Waals surface area (Å²) in [7, 11) is 0. The minimum absolute atomic E-state index is 0.0989. The molecule has 158 valence electrons. The van der Waals surface area contributed by atoms with Crippen molar-refractivity contribution in [1.82, 2.24) is 25.0 Å². The van der Waals surface area contributed by atoms with Gasteiger partial charge in [0.2, 0.25) is 17.6 Å². The number of aromatic nitrogens is 3. The molecule has 0 unspecified atom stereocenters. The molecule has 2 aromatic rings. The largest absolute Gasteiger partial charge is 0.444 e. The van der Waals surface area contributed by atoms with E-state index in [4.69, 9.17) is 4.74 Å². The summed E-state index contributed by atoms with van der Waals surface area (Å²) in [6.45, 7) is 5.72. The zero-order chi connectivity index (χ0) is 21.2. The molecule has 0 spiro atoms. The summed E-state index contributed by atoms with van der Waals surface area (Å²) in [5.74, 6) is -2.71. The van der Waals surface area contributed by atoms with Gasteiger partial charge in [-0.15, -0.1) is 0 Å². The number of carbonyl (C=O) groups excluding carboxylic acids is 2. The summed E-state index contributed by atoms with van der Waals surface area (Å²) in [6.07, 6.45) is 2.61. The Morgan fingerprint density at radius 2 is 1.86 bits per heavy atom. The summed E-state index contributed by atoms with van der Waals surface area (Å²) >= 11 is 0. The van der Waals surface area contributed by atoms with Crippen molar-refractivity contribution in [3.8, 4) is 0 Å². The number of nitrogens with zero attached hydrogens (tertiary/aromatic N) is 3. The van der Waals surface area contributed by atoms with Gasteiger partial charge in [0.1, 0.15) is 5.60 Å². The molecule has 1 fully saturated rings. The molecule has 1 aliphatic carbocycles. The lowest BCUT2D eigenvalue weighted by Gasteiger charge is -2.34. The van der Waals surface area contributed by atoms with Crippen molar-refractivity contribution in [3.05, 3.63) is 29.8 Å². The molecule has 1 aliphatic rings. The van der Waals surface area contributed by atoms with E-state index in [1.165, 1.54) is 0 Å². The Bertz CT molecular complexity index is 899. The zero-order valence-corrected chi connectivity index (χ0v) is 16.7. The van der Waals surface area contributed by atoms with Crippen molar-refractivity contribution in [1.29, 1.82) is 0 Å². The van der Waals surface area contributed by atoms with Crippen LogP contribution >= 0.6 is 0 Å². The van der Waals surface area contributed by atoms with Gasteiger partial charge < -0.3 is 15.4 Å². The quantitative estimate of drug-likeness (QED) is 0.765. The Kier molecular flexibility index (Phi) is 5.72. The number of ether oxygens (including phenoxy) is 1. The van der Waals surface area contributed by atoms with E-state index in [-0.39, 0.29) is 44.2 Å². The van der Waals surface area contributed by atoms with Gasteiger partial charge in [-0.2, -0.15) is 0 Å². The van der Waals surface area contributed by atoms with Crippen LogP contribution in [0.25, 0.3) is 5.78 Å². The fourth-order valence-electron chi connectivity index (χ4n) is 3.07. The molecule has 0 bridgehead atoms. The Labute approximate surface area is 167 Å². The van der Waals surface area contributed by atoms with E-state index in [2.05, 4.69) is 20.6 Å². The van der Waals surface area contributed by atoms with Crippen LogP contribution in [0.15, 0.2) is 18.5 Å². The smallest absolute Gasteiger partial charge is 0.407 e. The van der Waals surface area contributed by atoms with Crippen molar-refractivity contribution >= 4 is 17.8 Å². The van der Waals surface area contributed by atoms with Gasteiger partial charge in [-0.3, -0.25) is 9.20 Å². The average molecular weight is 409 g/mol. The van der Waals surface area contributed by atoms with E-state index in [9.17, 15) is 18.4 Å². The number of carbonyl (C=O) groups is 2. The first kappa shape index (κ1) is 20.9. The van der Waals surface area contributed by atoms with Crippen LogP contribution in [0.4, 0.5) is 13.6 Å². The Hall–Kier alpha value is -2.78. The summed E-state index contributed by atoms with van der Waals surface area (Å²) in [5.41, 5.74) is 0.626. The lowest BCUT2D eigenvalue weighted by Crippen LogP contribution is -2.38. The molecule has 2 aromatic heterocycles. The van der Waals surface area contributed by atoms with Gasteiger partial charge in [0, 0.05) is 31.7 Å². The average Bonchev–Trinajstić information content (AvgIpc) is 2.97. The maximum absolute atomic E-state index is 12.8. The molecule has 0 aromatic carbocycles. The normalized spacial score (nSPS) is 16.3. The molecule has 3 rings (SSSR count). The summed E-state index contributed by atoms with van der Waals surface area (Å²) in [5, 5.41) is 5.33. The third-order valence-electron chi connectivity index (χ3n) is 4.36. The van der Waals surface area contributed by atoms with Crippen LogP contribution < -0.4 is 10.6 Å². The van der Waals surface area contributed by atoms with Crippen LogP contribution in [0.5, 0.6) is 0 Å². The van der Waals surface area contributed by atoms with Crippen LogP contribution in [0.3, 0.4) is 0 Å². The third kappa shape index (κ3) is 6.10. The van der Waals surface area contributed by atoms with Crippen molar-refractivity contribution < 1.29 is 23.1 Å². The van der Waals surface area contributed by atoms with Gasteiger partial charge >= 0.3 is 6.09 Å². The van der Waals surface area contributed by atoms with E-state index in [0.717, 1.165) is 0 Å². The molecule has 1 saturated carbocycles. The fraction of sp³-hybridized carbons (Fsp3) is 0.579. The van der Waals surface area contributed by atoms with Crippen LogP contribution in [0.1, 0.15) is 51.4 Å². The van der Waals surface area contributed by atoms with E-state index in [1.807, 2.05) is 0 Å². The number of rotatable bonds is 6. The molecule has 0 radical (unpaired) electrons. The van der Waals surface area contributed by atoms with Crippen LogP contribution in [-0.2, 0) is 22.6 Å². The molecule has 0 aliphatic heterocycles. The summed E-state index contributed by atoms with van der Waals surface area (Å²) in [6, 6.07) is 1.73. The highest BCUT2D eigenvalue weighted by Crippen LogP contribution is 2.43. The Balaban J connectivity index is 1.50. The predicted molar refractivity (Wildman–Crippen MR) is 100 cm³/mol. The number of hydrogen-bond donors (Lipinski definition) is 2. The summed E-state index contributed by atoms with van der Waals surface area (Å²) in [4.78, 5) is 32.3. The number of fused-ring (bicyclic) bond motifs is 1. The number of nitrogens with one attached hydrogen (secondary N) is 2. The Morgan fingerprint density at radius 1 is 1.21 bits per heavy atom. The van der Waals surface area contributed by atoms with E-state index in [1.54, 1.807) is 43.6 Å². The molecule has 8 nitrogen and oxygen atoms in total. The van der Waals surface area contributed by atoms with Gasteiger partial charge in [0.15, 0.2) is 0 Å². The van der Waals surface area contributed by atoms with Crippen molar-refractivity contribution in [2.75, 3.05) is 0 Å². The molecule has 29 heavy (non-hydrogen) atoms. The van der Waals surface area contributed by atoms with Gasteiger partial charge in [-0.25, -0.2) is 23.5 Å². The van der Waals surface area contributed by atoms with Gasteiger partial charge in [0.05, 0.1) is 24.5 Å². The molecular formula is C19H25F2N5O3. The van der Waals surface area contributed by atoms with E-state index in [0.29, 0.717) is 17.2 Å². The lowest BCUT2D eigenvalue weighted by atomic mass is 9.79. The molecular weight excluding hydrogens is 384 g/mol. The first-order valence-electron chi connectivity index (χ1n) is 9.44. The highest BCUT2D eigenvalue weighted by atomic mass is 19.3. The number of alkyl halides is 2. The van der Waals surface area contributed by atoms with E-state index >= 15 is 0 Å². The van der Waals surface area contributed by atoms with E-state index < -0.39 is 17.6 Å². The fourth-order valence-corrected chi connectivity index (χ4v) is 3.07. The second-order valence-corrected chi connectivity index (χ2v) is 8.32. The van der Waals surface area contributed by atoms with Crippen molar-refractivity contribution in [2.45, 2.75) is 64.6 Å². The second kappa shape index (κ2) is 7.92. The minimum atomic E-state index is -2.62. The summed E-state index contributed by atoms with van der Waals surface area (Å²) < 4.78 is 32.5. The zero-order valence-electron chi connectivity index (χ0n) is 16.7. The minimum Gasteiger partial charge on any atom is -0.444 e. The molecule has 2 heterocycles. The number of imidazole rings is 1. The highest BCUT2D eigenvalue weighted by Gasteiger charge is 2.45. The van der Waals surface area contributed by atoms with Crippen molar-refractivity contribution in [2.24, 2.45) is 5.92 Å². The molecule has 0 saturated heterocycles. The van der Waals surface area contributed by atoms with Gasteiger partial charge in [0.25, 0.3) is 0 Å².